The summed E-state index contributed by atoms with van der Waals surface area (Å²) in [5, 5.41) is 17.7. The van der Waals surface area contributed by atoms with E-state index in [2.05, 4.69) is 15.4 Å². The van der Waals surface area contributed by atoms with Gasteiger partial charge in [-0.15, -0.1) is 0 Å². The minimum Gasteiger partial charge on any atom is -0.497 e. The van der Waals surface area contributed by atoms with Crippen LogP contribution in [0.1, 0.15) is 22.5 Å². The average Bonchev–Trinajstić information content (AvgIpc) is 3.27. The minimum absolute atomic E-state index is 0.101. The van der Waals surface area contributed by atoms with Crippen LogP contribution in [0.2, 0.25) is 0 Å². The fraction of sp³-hybridized carbons (Fsp3) is 0.136. The molecule has 0 saturated carbocycles. The van der Waals surface area contributed by atoms with Gasteiger partial charge in [-0.05, 0) is 42.5 Å². The molecule has 1 N–H and O–H groups in total. The molecule has 12 heteroatoms. The quantitative estimate of drug-likeness (QED) is 0.312. The van der Waals surface area contributed by atoms with Crippen LogP contribution in [-0.4, -0.2) is 39.6 Å². The van der Waals surface area contributed by atoms with Crippen molar-refractivity contribution in [1.29, 1.82) is 0 Å². The third kappa shape index (κ3) is 4.20. The molecule has 4 aromatic rings. The second kappa shape index (κ2) is 9.10. The molecule has 0 spiro atoms. The van der Waals surface area contributed by atoms with E-state index in [9.17, 15) is 23.7 Å². The number of hydrogen-bond acceptors (Lipinski definition) is 7. The van der Waals surface area contributed by atoms with Crippen molar-refractivity contribution in [3.05, 3.63) is 76.1 Å². The fourth-order valence-electron chi connectivity index (χ4n) is 3.30. The highest BCUT2D eigenvalue weighted by atomic mass is 19.3. The predicted molar refractivity (Wildman–Crippen MR) is 118 cm³/mol. The van der Waals surface area contributed by atoms with Crippen LogP contribution in [0.3, 0.4) is 0 Å². The number of ether oxygens (including phenoxy) is 2. The number of amides is 1. The number of nitro groups is 1. The summed E-state index contributed by atoms with van der Waals surface area (Å²) in [5.74, 6) is 0.000313. The normalized spacial score (nSPS) is 11.0. The number of hydrogen-bond donors (Lipinski definition) is 1. The van der Waals surface area contributed by atoms with Crippen molar-refractivity contribution < 1.29 is 28.0 Å². The van der Waals surface area contributed by atoms with Crippen molar-refractivity contribution in [2.24, 2.45) is 0 Å². The van der Waals surface area contributed by atoms with Crippen molar-refractivity contribution in [1.82, 2.24) is 14.6 Å². The molecule has 0 bridgehead atoms. The van der Waals surface area contributed by atoms with E-state index in [-0.39, 0.29) is 28.3 Å². The van der Waals surface area contributed by atoms with Crippen LogP contribution in [0.5, 0.6) is 11.5 Å². The monoisotopic (exact) mass is 469 g/mol. The molecule has 2 aromatic carbocycles. The predicted octanol–water partition coefficient (Wildman–Crippen LogP) is 4.51. The van der Waals surface area contributed by atoms with Gasteiger partial charge >= 0.3 is 0 Å². The Morgan fingerprint density at radius 1 is 1.09 bits per heavy atom. The van der Waals surface area contributed by atoms with Gasteiger partial charge in [0.25, 0.3) is 18.0 Å². The summed E-state index contributed by atoms with van der Waals surface area (Å²) < 4.78 is 38.5. The van der Waals surface area contributed by atoms with E-state index >= 15 is 0 Å². The largest absolute Gasteiger partial charge is 0.497 e. The molecule has 174 valence electrons. The van der Waals surface area contributed by atoms with Gasteiger partial charge in [-0.1, -0.05) is 0 Å². The van der Waals surface area contributed by atoms with Crippen molar-refractivity contribution in [2.75, 3.05) is 19.5 Å². The molecule has 0 aliphatic heterocycles. The van der Waals surface area contributed by atoms with Gasteiger partial charge in [0, 0.05) is 5.56 Å². The van der Waals surface area contributed by atoms with Crippen LogP contribution in [0.25, 0.3) is 16.9 Å². The summed E-state index contributed by atoms with van der Waals surface area (Å²) in [6.07, 6.45) is -1.82. The van der Waals surface area contributed by atoms with Gasteiger partial charge < -0.3 is 14.8 Å². The van der Waals surface area contributed by atoms with Crippen molar-refractivity contribution in [3.8, 4) is 22.8 Å². The Bertz CT molecular complexity index is 1390. The van der Waals surface area contributed by atoms with Crippen LogP contribution in [-0.2, 0) is 0 Å². The second-order valence-corrected chi connectivity index (χ2v) is 6.98. The molecule has 0 aliphatic rings. The topological polar surface area (TPSA) is 121 Å². The van der Waals surface area contributed by atoms with E-state index in [0.717, 1.165) is 16.8 Å². The Balaban J connectivity index is 1.78. The first-order valence-electron chi connectivity index (χ1n) is 9.77. The van der Waals surface area contributed by atoms with Crippen molar-refractivity contribution in [3.63, 3.8) is 0 Å². The zero-order valence-corrected chi connectivity index (χ0v) is 17.9. The summed E-state index contributed by atoms with van der Waals surface area (Å²) in [5.41, 5.74) is -0.524. The Kier molecular flexibility index (Phi) is 6.04. The van der Waals surface area contributed by atoms with E-state index in [4.69, 9.17) is 9.47 Å². The Morgan fingerprint density at radius 2 is 1.76 bits per heavy atom. The number of fused-ring (bicyclic) bond motifs is 1. The maximum Gasteiger partial charge on any atom is 0.296 e. The lowest BCUT2D eigenvalue weighted by Gasteiger charge is -2.10. The van der Waals surface area contributed by atoms with Gasteiger partial charge in [0.05, 0.1) is 37.1 Å². The van der Waals surface area contributed by atoms with E-state index < -0.39 is 28.6 Å². The third-order valence-electron chi connectivity index (χ3n) is 5.00. The average molecular weight is 469 g/mol. The zero-order valence-electron chi connectivity index (χ0n) is 17.9. The summed E-state index contributed by atoms with van der Waals surface area (Å²) in [6.45, 7) is 0. The number of rotatable bonds is 7. The highest BCUT2D eigenvalue weighted by molar-refractivity contribution is 6.09. The number of methoxy groups -OCH3 is 2. The van der Waals surface area contributed by atoms with Gasteiger partial charge in [-0.2, -0.15) is 5.10 Å². The van der Waals surface area contributed by atoms with E-state index in [1.54, 1.807) is 24.3 Å². The second-order valence-electron chi connectivity index (χ2n) is 6.98. The lowest BCUT2D eigenvalue weighted by molar-refractivity contribution is -0.384. The molecule has 0 saturated heterocycles. The number of halogens is 2. The maximum atomic E-state index is 13.8. The highest BCUT2D eigenvalue weighted by Crippen LogP contribution is 2.31. The first kappa shape index (κ1) is 22.6. The molecule has 0 radical (unpaired) electrons. The first-order valence-corrected chi connectivity index (χ1v) is 9.77. The summed E-state index contributed by atoms with van der Waals surface area (Å²) in [4.78, 5) is 28.1. The molecule has 10 nitrogen and oxygen atoms in total. The minimum atomic E-state index is -2.90. The number of nitrogens with zero attached hydrogens (tertiary/aromatic N) is 4. The standard InChI is InChI=1S/C22H17F2N5O5/c1-33-13-5-3-12(4-6-13)17-10-19(20(23)24)28-21(26-17)15(11-25-28)22(30)27-16-8-7-14(34-2)9-18(16)29(31)32/h3-11,20H,1-2H3,(H,27,30). The molecule has 4 rings (SSSR count). The lowest BCUT2D eigenvalue weighted by atomic mass is 10.1. The summed E-state index contributed by atoms with van der Waals surface area (Å²) in [7, 11) is 2.85. The Morgan fingerprint density at radius 3 is 2.38 bits per heavy atom. The SMILES string of the molecule is COc1ccc(-c2cc(C(F)F)n3ncc(C(=O)Nc4ccc(OC)cc4[N+](=O)[O-])c3n2)cc1. The van der Waals surface area contributed by atoms with Gasteiger partial charge in [0.2, 0.25) is 0 Å². The van der Waals surface area contributed by atoms with Gasteiger partial charge in [-0.25, -0.2) is 18.3 Å². The summed E-state index contributed by atoms with van der Waals surface area (Å²) >= 11 is 0. The highest BCUT2D eigenvalue weighted by Gasteiger charge is 2.24. The van der Waals surface area contributed by atoms with Gasteiger partial charge in [0.15, 0.2) is 5.65 Å². The Labute approximate surface area is 190 Å². The van der Waals surface area contributed by atoms with Crippen LogP contribution in [0.15, 0.2) is 54.7 Å². The van der Waals surface area contributed by atoms with E-state index in [1.807, 2.05) is 0 Å². The van der Waals surface area contributed by atoms with Crippen LogP contribution in [0.4, 0.5) is 20.2 Å². The number of nitro benzene ring substituents is 1. The molecule has 0 aliphatic carbocycles. The number of aromatic nitrogens is 3. The molecule has 0 unspecified atom stereocenters. The Hall–Kier alpha value is -4.61. The van der Waals surface area contributed by atoms with Crippen LogP contribution >= 0.6 is 0 Å². The zero-order chi connectivity index (χ0) is 24.4. The van der Waals surface area contributed by atoms with E-state index in [1.165, 1.54) is 32.4 Å². The van der Waals surface area contributed by atoms with E-state index in [0.29, 0.717) is 11.3 Å². The van der Waals surface area contributed by atoms with Gasteiger partial charge in [-0.3, -0.25) is 14.9 Å². The number of carbonyl (C=O) groups is 1. The number of benzene rings is 2. The van der Waals surface area contributed by atoms with Crippen LogP contribution < -0.4 is 14.8 Å². The maximum absolute atomic E-state index is 13.8. The lowest BCUT2D eigenvalue weighted by Crippen LogP contribution is -2.14. The number of anilines is 1. The number of carbonyl (C=O) groups excluding carboxylic acids is 1. The number of nitrogens with one attached hydrogen (secondary N) is 1. The smallest absolute Gasteiger partial charge is 0.296 e. The van der Waals surface area contributed by atoms with Crippen LogP contribution in [0, 0.1) is 10.1 Å². The molecule has 0 atom stereocenters. The third-order valence-corrected chi connectivity index (χ3v) is 5.00. The summed E-state index contributed by atoms with van der Waals surface area (Å²) in [6, 6.07) is 11.7. The fourth-order valence-corrected chi connectivity index (χ4v) is 3.30. The van der Waals surface area contributed by atoms with Crippen molar-refractivity contribution >= 4 is 22.9 Å². The number of alkyl halides is 2. The first-order chi connectivity index (χ1) is 16.3. The van der Waals surface area contributed by atoms with Gasteiger partial charge in [0.1, 0.15) is 28.4 Å². The molecular formula is C22H17F2N5O5. The molecule has 34 heavy (non-hydrogen) atoms. The van der Waals surface area contributed by atoms with Crippen molar-refractivity contribution in [2.45, 2.75) is 6.43 Å². The molecule has 2 heterocycles. The molecule has 2 aromatic heterocycles. The molecule has 1 amide bonds. The molecule has 0 fully saturated rings. The molecular weight excluding hydrogens is 452 g/mol.